The van der Waals surface area contributed by atoms with Gasteiger partial charge < -0.3 is 10.1 Å². The number of carbonyl (C=O) groups excluding carboxylic acids is 1. The van der Waals surface area contributed by atoms with E-state index in [9.17, 15) is 4.79 Å². The van der Waals surface area contributed by atoms with E-state index in [-0.39, 0.29) is 24.2 Å². The Bertz CT molecular complexity index is 700. The van der Waals surface area contributed by atoms with Gasteiger partial charge in [-0.15, -0.1) is 0 Å². The van der Waals surface area contributed by atoms with Gasteiger partial charge in [-0.05, 0) is 37.1 Å². The van der Waals surface area contributed by atoms with Gasteiger partial charge >= 0.3 is 0 Å². The highest BCUT2D eigenvalue weighted by Gasteiger charge is 2.24. The number of benzene rings is 2. The van der Waals surface area contributed by atoms with Crippen molar-refractivity contribution in [3.8, 4) is 0 Å². The predicted molar refractivity (Wildman–Crippen MR) is 97.0 cm³/mol. The summed E-state index contributed by atoms with van der Waals surface area (Å²) in [6.07, 6.45) is 0.356. The number of hydrogen-bond donors (Lipinski definition) is 1. The Morgan fingerprint density at radius 1 is 1.17 bits per heavy atom. The Balaban J connectivity index is 1.65. The zero-order valence-electron chi connectivity index (χ0n) is 14.7. The SMILES string of the molecule is C[C@@H]1CN(CC(=O)N[C@@H](C)c2cccc3ccccc23)C[C@@H](C)O1. The lowest BCUT2D eigenvalue weighted by atomic mass is 10.00. The lowest BCUT2D eigenvalue weighted by Crippen LogP contribution is -2.49. The van der Waals surface area contributed by atoms with Crippen molar-refractivity contribution < 1.29 is 9.53 Å². The third-order valence-corrected chi connectivity index (χ3v) is 4.53. The second-order valence-electron chi connectivity index (χ2n) is 6.81. The van der Waals surface area contributed by atoms with Crippen LogP contribution in [0.3, 0.4) is 0 Å². The summed E-state index contributed by atoms with van der Waals surface area (Å²) >= 11 is 0. The van der Waals surface area contributed by atoms with Crippen LogP contribution in [0.2, 0.25) is 0 Å². The molecule has 3 rings (SSSR count). The number of ether oxygens (including phenoxy) is 1. The Kier molecular flexibility index (Phi) is 5.17. The zero-order valence-corrected chi connectivity index (χ0v) is 14.7. The fourth-order valence-electron chi connectivity index (χ4n) is 3.61. The minimum absolute atomic E-state index is 0.0144. The molecule has 1 aliphatic heterocycles. The van der Waals surface area contributed by atoms with E-state index in [1.807, 2.05) is 25.1 Å². The molecule has 0 aliphatic carbocycles. The molecule has 0 unspecified atom stereocenters. The highest BCUT2D eigenvalue weighted by atomic mass is 16.5. The number of nitrogens with one attached hydrogen (secondary N) is 1. The normalized spacial score (nSPS) is 23.1. The van der Waals surface area contributed by atoms with Crippen LogP contribution in [-0.4, -0.2) is 42.6 Å². The standard InChI is InChI=1S/C20H26N2O2/c1-14-11-22(12-15(2)24-14)13-20(23)21-16(3)18-10-6-8-17-7-4-5-9-19(17)18/h4-10,14-16H,11-13H2,1-3H3,(H,21,23)/t14-,15-,16+/m1/s1. The van der Waals surface area contributed by atoms with E-state index in [1.54, 1.807) is 0 Å². The fourth-order valence-corrected chi connectivity index (χ4v) is 3.61. The molecule has 0 saturated carbocycles. The molecule has 3 atom stereocenters. The van der Waals surface area contributed by atoms with Gasteiger partial charge in [0, 0.05) is 13.1 Å². The van der Waals surface area contributed by atoms with E-state index in [1.165, 1.54) is 10.8 Å². The molecule has 128 valence electrons. The first-order valence-corrected chi connectivity index (χ1v) is 8.68. The average Bonchev–Trinajstić information content (AvgIpc) is 2.53. The van der Waals surface area contributed by atoms with Crippen molar-refractivity contribution in [3.63, 3.8) is 0 Å². The molecule has 1 amide bonds. The van der Waals surface area contributed by atoms with Gasteiger partial charge in [0.2, 0.25) is 5.91 Å². The first-order chi connectivity index (χ1) is 11.5. The van der Waals surface area contributed by atoms with Crippen LogP contribution >= 0.6 is 0 Å². The number of rotatable bonds is 4. The smallest absolute Gasteiger partial charge is 0.234 e. The van der Waals surface area contributed by atoms with Crippen LogP contribution in [0.5, 0.6) is 0 Å². The predicted octanol–water partition coefficient (Wildman–Crippen LogP) is 3.13. The Morgan fingerprint density at radius 2 is 1.83 bits per heavy atom. The van der Waals surface area contributed by atoms with Crippen LogP contribution < -0.4 is 5.32 Å². The van der Waals surface area contributed by atoms with Gasteiger partial charge in [-0.2, -0.15) is 0 Å². The third-order valence-electron chi connectivity index (χ3n) is 4.53. The van der Waals surface area contributed by atoms with Gasteiger partial charge in [-0.25, -0.2) is 0 Å². The van der Waals surface area contributed by atoms with Crippen molar-refractivity contribution in [2.24, 2.45) is 0 Å². The lowest BCUT2D eigenvalue weighted by Gasteiger charge is -2.35. The van der Waals surface area contributed by atoms with Gasteiger partial charge in [-0.3, -0.25) is 9.69 Å². The van der Waals surface area contributed by atoms with E-state index < -0.39 is 0 Å². The number of fused-ring (bicyclic) bond motifs is 1. The topological polar surface area (TPSA) is 41.6 Å². The van der Waals surface area contributed by atoms with E-state index in [4.69, 9.17) is 4.74 Å². The Hall–Kier alpha value is -1.91. The maximum atomic E-state index is 12.5. The van der Waals surface area contributed by atoms with Gasteiger partial charge in [0.15, 0.2) is 0 Å². The summed E-state index contributed by atoms with van der Waals surface area (Å²) in [5.41, 5.74) is 1.16. The summed E-state index contributed by atoms with van der Waals surface area (Å²) in [5.74, 6) is 0.0664. The highest BCUT2D eigenvalue weighted by molar-refractivity contribution is 5.87. The van der Waals surface area contributed by atoms with Gasteiger partial charge in [0.1, 0.15) is 0 Å². The molecule has 0 bridgehead atoms. The van der Waals surface area contributed by atoms with Crippen molar-refractivity contribution in [1.82, 2.24) is 10.2 Å². The number of hydrogen-bond acceptors (Lipinski definition) is 3. The molecular weight excluding hydrogens is 300 g/mol. The third kappa shape index (κ3) is 3.94. The van der Waals surface area contributed by atoms with Crippen molar-refractivity contribution >= 4 is 16.7 Å². The monoisotopic (exact) mass is 326 g/mol. The van der Waals surface area contributed by atoms with Gasteiger partial charge in [-0.1, -0.05) is 42.5 Å². The van der Waals surface area contributed by atoms with E-state index >= 15 is 0 Å². The summed E-state index contributed by atoms with van der Waals surface area (Å²) in [5, 5.41) is 5.54. The van der Waals surface area contributed by atoms with Crippen molar-refractivity contribution in [1.29, 1.82) is 0 Å². The fraction of sp³-hybridized carbons (Fsp3) is 0.450. The van der Waals surface area contributed by atoms with Crippen molar-refractivity contribution in [3.05, 3.63) is 48.0 Å². The van der Waals surface area contributed by atoms with E-state index in [0.29, 0.717) is 6.54 Å². The van der Waals surface area contributed by atoms with E-state index in [0.717, 1.165) is 18.7 Å². The van der Waals surface area contributed by atoms with Crippen molar-refractivity contribution in [2.75, 3.05) is 19.6 Å². The summed E-state index contributed by atoms with van der Waals surface area (Å²) in [6.45, 7) is 8.19. The molecule has 4 heteroatoms. The summed E-state index contributed by atoms with van der Waals surface area (Å²) in [7, 11) is 0. The van der Waals surface area contributed by atoms with Gasteiger partial charge in [0.25, 0.3) is 0 Å². The van der Waals surface area contributed by atoms with Crippen LogP contribution in [0.15, 0.2) is 42.5 Å². The number of morpholine rings is 1. The highest BCUT2D eigenvalue weighted by Crippen LogP contribution is 2.24. The lowest BCUT2D eigenvalue weighted by molar-refractivity contribution is -0.126. The molecular formula is C20H26N2O2. The molecule has 2 aromatic rings. The van der Waals surface area contributed by atoms with Crippen LogP contribution in [0, 0.1) is 0 Å². The van der Waals surface area contributed by atoms with Crippen LogP contribution in [0.1, 0.15) is 32.4 Å². The minimum atomic E-state index is -0.0144. The molecule has 0 spiro atoms. The molecule has 24 heavy (non-hydrogen) atoms. The molecule has 4 nitrogen and oxygen atoms in total. The summed E-state index contributed by atoms with van der Waals surface area (Å²) in [4.78, 5) is 14.6. The number of nitrogens with zero attached hydrogens (tertiary/aromatic N) is 1. The second-order valence-corrected chi connectivity index (χ2v) is 6.81. The minimum Gasteiger partial charge on any atom is -0.373 e. The molecule has 1 saturated heterocycles. The van der Waals surface area contributed by atoms with Crippen LogP contribution in [0.25, 0.3) is 10.8 Å². The second kappa shape index (κ2) is 7.32. The van der Waals surface area contributed by atoms with Crippen LogP contribution in [0.4, 0.5) is 0 Å². The molecule has 0 radical (unpaired) electrons. The van der Waals surface area contributed by atoms with Crippen molar-refractivity contribution in [2.45, 2.75) is 39.0 Å². The Morgan fingerprint density at radius 3 is 2.58 bits per heavy atom. The zero-order chi connectivity index (χ0) is 17.1. The molecule has 0 aromatic heterocycles. The maximum absolute atomic E-state index is 12.5. The van der Waals surface area contributed by atoms with Gasteiger partial charge in [0.05, 0.1) is 24.8 Å². The maximum Gasteiger partial charge on any atom is 0.234 e. The molecule has 1 aliphatic rings. The summed E-state index contributed by atoms with van der Waals surface area (Å²) < 4.78 is 5.72. The van der Waals surface area contributed by atoms with E-state index in [2.05, 4.69) is 48.3 Å². The largest absolute Gasteiger partial charge is 0.373 e. The molecule has 1 heterocycles. The number of amides is 1. The summed E-state index contributed by atoms with van der Waals surface area (Å²) in [6, 6.07) is 14.5. The molecule has 2 aromatic carbocycles. The molecule has 1 fully saturated rings. The van der Waals surface area contributed by atoms with Crippen LogP contribution in [-0.2, 0) is 9.53 Å². The average molecular weight is 326 g/mol. The number of carbonyl (C=O) groups is 1. The first-order valence-electron chi connectivity index (χ1n) is 8.68. The first kappa shape index (κ1) is 16.9. The Labute approximate surface area is 143 Å². The molecule has 1 N–H and O–H groups in total. The quantitative estimate of drug-likeness (QED) is 0.938.